The summed E-state index contributed by atoms with van der Waals surface area (Å²) in [5.74, 6) is -0.284. The third-order valence-electron chi connectivity index (χ3n) is 3.40. The number of aryl methyl sites for hydroxylation is 1. The van der Waals surface area contributed by atoms with Crippen LogP contribution in [-0.4, -0.2) is 10.8 Å². The molecule has 21 heavy (non-hydrogen) atoms. The van der Waals surface area contributed by atoms with E-state index in [0.29, 0.717) is 21.5 Å². The highest BCUT2D eigenvalue weighted by Gasteiger charge is 2.14. The minimum Gasteiger partial charge on any atom is -0.360 e. The van der Waals surface area contributed by atoms with Gasteiger partial charge in [0.05, 0.1) is 11.1 Å². The largest absolute Gasteiger partial charge is 0.360 e. The van der Waals surface area contributed by atoms with E-state index >= 15 is 0 Å². The molecule has 1 N–H and O–H groups in total. The van der Waals surface area contributed by atoms with Gasteiger partial charge in [0.2, 0.25) is 5.43 Å². The lowest BCUT2D eigenvalue weighted by Gasteiger charge is -2.04. The smallest absolute Gasteiger partial charge is 0.200 e. The Hall–Kier alpha value is -2.39. The van der Waals surface area contributed by atoms with E-state index in [2.05, 4.69) is 4.98 Å². The number of halogens is 1. The van der Waals surface area contributed by atoms with Crippen LogP contribution in [0.3, 0.4) is 0 Å². The summed E-state index contributed by atoms with van der Waals surface area (Å²) in [5.41, 5.74) is 2.03. The Morgan fingerprint density at radius 1 is 1.10 bits per heavy atom. The summed E-state index contributed by atoms with van der Waals surface area (Å²) >= 11 is 5.90. The molecule has 3 rings (SSSR count). The quantitative estimate of drug-likeness (QED) is 0.733. The van der Waals surface area contributed by atoms with Crippen LogP contribution < -0.4 is 5.43 Å². The van der Waals surface area contributed by atoms with Gasteiger partial charge in [-0.1, -0.05) is 41.4 Å². The zero-order chi connectivity index (χ0) is 15.0. The number of pyridine rings is 1. The standard InChI is InChI=1S/C17H12ClNO2/c1-10-2-4-11(5-3-10)16(20)14-9-19-15-8-12(18)6-7-13(15)17(14)21/h2-9H,1H3,(H,19,21). The molecule has 0 radical (unpaired) electrons. The van der Waals surface area contributed by atoms with Gasteiger partial charge < -0.3 is 4.98 Å². The van der Waals surface area contributed by atoms with Crippen molar-refractivity contribution >= 4 is 28.3 Å². The third-order valence-corrected chi connectivity index (χ3v) is 3.64. The lowest BCUT2D eigenvalue weighted by molar-refractivity contribution is 0.103. The molecule has 0 atom stereocenters. The number of hydrogen-bond acceptors (Lipinski definition) is 2. The van der Waals surface area contributed by atoms with Crippen molar-refractivity contribution in [3.63, 3.8) is 0 Å². The van der Waals surface area contributed by atoms with E-state index in [-0.39, 0.29) is 16.8 Å². The van der Waals surface area contributed by atoms with Gasteiger partial charge in [0, 0.05) is 22.2 Å². The number of fused-ring (bicyclic) bond motifs is 1. The highest BCUT2D eigenvalue weighted by Crippen LogP contribution is 2.16. The summed E-state index contributed by atoms with van der Waals surface area (Å²) in [5, 5.41) is 0.994. The molecule has 1 aromatic heterocycles. The Morgan fingerprint density at radius 2 is 1.81 bits per heavy atom. The number of hydrogen-bond donors (Lipinski definition) is 1. The molecule has 0 fully saturated rings. The van der Waals surface area contributed by atoms with Crippen molar-refractivity contribution < 1.29 is 4.79 Å². The minimum atomic E-state index is -0.286. The molecule has 0 amide bonds. The molecule has 0 bridgehead atoms. The van der Waals surface area contributed by atoms with E-state index < -0.39 is 0 Å². The van der Waals surface area contributed by atoms with Gasteiger partial charge in [0.25, 0.3) is 0 Å². The van der Waals surface area contributed by atoms with Crippen LogP contribution >= 0.6 is 11.6 Å². The highest BCUT2D eigenvalue weighted by atomic mass is 35.5. The second-order valence-electron chi connectivity index (χ2n) is 4.92. The van der Waals surface area contributed by atoms with Gasteiger partial charge in [-0.05, 0) is 25.1 Å². The average Bonchev–Trinajstić information content (AvgIpc) is 2.47. The second-order valence-corrected chi connectivity index (χ2v) is 5.35. The Kier molecular flexibility index (Phi) is 3.35. The summed E-state index contributed by atoms with van der Waals surface area (Å²) in [6.45, 7) is 1.95. The van der Waals surface area contributed by atoms with Gasteiger partial charge in [0.15, 0.2) is 5.78 Å². The Bertz CT molecular complexity index is 895. The van der Waals surface area contributed by atoms with Crippen molar-refractivity contribution in [3.05, 3.63) is 80.6 Å². The van der Waals surface area contributed by atoms with Crippen molar-refractivity contribution in [1.29, 1.82) is 0 Å². The number of benzene rings is 2. The zero-order valence-corrected chi connectivity index (χ0v) is 12.1. The minimum absolute atomic E-state index is 0.133. The van der Waals surface area contributed by atoms with E-state index in [9.17, 15) is 9.59 Å². The maximum Gasteiger partial charge on any atom is 0.200 e. The van der Waals surface area contributed by atoms with E-state index in [1.165, 1.54) is 6.20 Å². The van der Waals surface area contributed by atoms with Gasteiger partial charge in [-0.25, -0.2) is 0 Å². The van der Waals surface area contributed by atoms with Crippen LogP contribution in [-0.2, 0) is 0 Å². The molecule has 0 aliphatic heterocycles. The number of carbonyl (C=O) groups is 1. The lowest BCUT2D eigenvalue weighted by atomic mass is 10.0. The zero-order valence-electron chi connectivity index (χ0n) is 11.3. The summed E-state index contributed by atoms with van der Waals surface area (Å²) in [6, 6.07) is 12.1. The molecule has 0 saturated heterocycles. The number of nitrogens with one attached hydrogen (secondary N) is 1. The maximum atomic E-state index is 12.4. The van der Waals surface area contributed by atoms with Crippen LogP contribution in [0.5, 0.6) is 0 Å². The fraction of sp³-hybridized carbons (Fsp3) is 0.0588. The second kappa shape index (κ2) is 5.19. The van der Waals surface area contributed by atoms with Crippen molar-refractivity contribution in [2.45, 2.75) is 6.92 Å². The number of H-pyrrole nitrogens is 1. The normalized spacial score (nSPS) is 10.8. The third kappa shape index (κ3) is 2.48. The first kappa shape index (κ1) is 13.6. The number of aromatic nitrogens is 1. The fourth-order valence-electron chi connectivity index (χ4n) is 2.22. The molecule has 0 aliphatic rings. The topological polar surface area (TPSA) is 49.9 Å². The summed E-state index contributed by atoms with van der Waals surface area (Å²) in [4.78, 5) is 27.8. The molecule has 4 heteroatoms. The van der Waals surface area contributed by atoms with Crippen LogP contribution in [0.1, 0.15) is 21.5 Å². The van der Waals surface area contributed by atoms with Crippen LogP contribution in [0.2, 0.25) is 5.02 Å². The lowest BCUT2D eigenvalue weighted by Crippen LogP contribution is -2.16. The molecule has 1 heterocycles. The molecule has 0 aliphatic carbocycles. The number of ketones is 1. The molecule has 0 spiro atoms. The number of aromatic amines is 1. The van der Waals surface area contributed by atoms with Crippen molar-refractivity contribution in [2.24, 2.45) is 0 Å². The van der Waals surface area contributed by atoms with Gasteiger partial charge in [-0.2, -0.15) is 0 Å². The SMILES string of the molecule is Cc1ccc(C(=O)c2c[nH]c3cc(Cl)ccc3c2=O)cc1. The number of rotatable bonds is 2. The molecule has 104 valence electrons. The van der Waals surface area contributed by atoms with Crippen molar-refractivity contribution in [2.75, 3.05) is 0 Å². The van der Waals surface area contributed by atoms with Gasteiger partial charge in [-0.3, -0.25) is 9.59 Å². The van der Waals surface area contributed by atoms with Crippen molar-refractivity contribution in [1.82, 2.24) is 4.98 Å². The first-order valence-corrected chi connectivity index (χ1v) is 6.86. The predicted molar refractivity (Wildman–Crippen MR) is 84.2 cm³/mol. The Morgan fingerprint density at radius 3 is 2.52 bits per heavy atom. The van der Waals surface area contributed by atoms with E-state index in [1.807, 2.05) is 19.1 Å². The fourth-order valence-corrected chi connectivity index (χ4v) is 2.40. The average molecular weight is 298 g/mol. The van der Waals surface area contributed by atoms with Gasteiger partial charge >= 0.3 is 0 Å². The van der Waals surface area contributed by atoms with Gasteiger partial charge in [-0.15, -0.1) is 0 Å². The molecule has 0 unspecified atom stereocenters. The van der Waals surface area contributed by atoms with E-state index in [0.717, 1.165) is 5.56 Å². The summed E-state index contributed by atoms with van der Waals surface area (Å²) in [6.07, 6.45) is 1.45. The van der Waals surface area contributed by atoms with Crippen LogP contribution in [0.4, 0.5) is 0 Å². The monoisotopic (exact) mass is 297 g/mol. The molecule has 2 aromatic carbocycles. The van der Waals surface area contributed by atoms with Crippen molar-refractivity contribution in [3.8, 4) is 0 Å². The maximum absolute atomic E-state index is 12.4. The highest BCUT2D eigenvalue weighted by molar-refractivity contribution is 6.31. The first-order valence-electron chi connectivity index (χ1n) is 6.48. The summed E-state index contributed by atoms with van der Waals surface area (Å²) < 4.78 is 0. The van der Waals surface area contributed by atoms with Crippen LogP contribution in [0, 0.1) is 6.92 Å². The van der Waals surface area contributed by atoms with Gasteiger partial charge in [0.1, 0.15) is 0 Å². The summed E-state index contributed by atoms with van der Waals surface area (Å²) in [7, 11) is 0. The predicted octanol–water partition coefficient (Wildman–Crippen LogP) is 3.72. The van der Waals surface area contributed by atoms with E-state index in [1.54, 1.807) is 30.3 Å². The molecule has 3 aromatic rings. The van der Waals surface area contributed by atoms with E-state index in [4.69, 9.17) is 11.6 Å². The molecule has 3 nitrogen and oxygen atoms in total. The first-order chi connectivity index (χ1) is 10.1. The molecular weight excluding hydrogens is 286 g/mol. The molecular formula is C17H12ClNO2. The number of carbonyl (C=O) groups excluding carboxylic acids is 1. The van der Waals surface area contributed by atoms with Crippen LogP contribution in [0.25, 0.3) is 10.9 Å². The Balaban J connectivity index is 2.14. The molecule has 0 saturated carbocycles. The Labute approximate surface area is 126 Å². The van der Waals surface area contributed by atoms with Crippen LogP contribution in [0.15, 0.2) is 53.5 Å².